The highest BCUT2D eigenvalue weighted by Gasteiger charge is 2.16. The van der Waals surface area contributed by atoms with Crippen molar-refractivity contribution in [1.29, 1.82) is 0 Å². The van der Waals surface area contributed by atoms with Crippen molar-refractivity contribution in [3.8, 4) is 5.75 Å². The summed E-state index contributed by atoms with van der Waals surface area (Å²) in [4.78, 5) is 0. The number of aryl methyl sites for hydroxylation is 2. The van der Waals surface area contributed by atoms with Crippen molar-refractivity contribution in [2.24, 2.45) is 7.05 Å². The van der Waals surface area contributed by atoms with Crippen LogP contribution < -0.4 is 15.8 Å². The molecule has 0 amide bonds. The van der Waals surface area contributed by atoms with Crippen molar-refractivity contribution in [2.45, 2.75) is 40.3 Å². The summed E-state index contributed by atoms with van der Waals surface area (Å²) in [6.07, 6.45) is 0.0658. The first-order valence-electron chi connectivity index (χ1n) is 6.55. The summed E-state index contributed by atoms with van der Waals surface area (Å²) < 4.78 is 11.7. The molecule has 6 nitrogen and oxygen atoms in total. The maximum absolute atomic E-state index is 5.84. The van der Waals surface area contributed by atoms with E-state index < -0.39 is 0 Å². The van der Waals surface area contributed by atoms with Gasteiger partial charge in [0.05, 0.1) is 11.8 Å². The zero-order chi connectivity index (χ0) is 14.9. The van der Waals surface area contributed by atoms with Gasteiger partial charge >= 0.3 is 0 Å². The lowest BCUT2D eigenvalue weighted by molar-refractivity contribution is 0.245. The summed E-state index contributed by atoms with van der Waals surface area (Å²) in [7, 11) is 1.95. The molecule has 0 atom stereocenters. The van der Waals surface area contributed by atoms with E-state index in [9.17, 15) is 0 Å². The van der Waals surface area contributed by atoms with Gasteiger partial charge in [0.2, 0.25) is 0 Å². The third-order valence-electron chi connectivity index (χ3n) is 3.11. The van der Waals surface area contributed by atoms with Gasteiger partial charge in [-0.2, -0.15) is 9.47 Å². The van der Waals surface area contributed by atoms with Crippen LogP contribution in [0.25, 0.3) is 0 Å². The molecule has 3 N–H and O–H groups in total. The monoisotopic (exact) mass is 295 g/mol. The summed E-state index contributed by atoms with van der Waals surface area (Å²) in [6.45, 7) is 8.69. The van der Waals surface area contributed by atoms with Crippen molar-refractivity contribution in [3.05, 3.63) is 17.0 Å². The Morgan fingerprint density at radius 2 is 2.10 bits per heavy atom. The molecule has 2 aromatic rings. The van der Waals surface area contributed by atoms with Crippen molar-refractivity contribution in [1.82, 2.24) is 14.2 Å². The van der Waals surface area contributed by atoms with Gasteiger partial charge in [-0.3, -0.25) is 4.68 Å². The van der Waals surface area contributed by atoms with Crippen LogP contribution in [0.5, 0.6) is 5.75 Å². The number of rotatable bonds is 5. The van der Waals surface area contributed by atoms with Crippen LogP contribution in [0.4, 0.5) is 10.8 Å². The van der Waals surface area contributed by atoms with Gasteiger partial charge in [0.25, 0.3) is 0 Å². The second-order valence-corrected chi connectivity index (χ2v) is 5.79. The smallest absolute Gasteiger partial charge is 0.197 e. The van der Waals surface area contributed by atoms with Gasteiger partial charge in [-0.05, 0) is 39.2 Å². The summed E-state index contributed by atoms with van der Waals surface area (Å²) in [5.41, 5.74) is 9.21. The van der Waals surface area contributed by atoms with Gasteiger partial charge in [-0.15, -0.1) is 0 Å². The van der Waals surface area contributed by atoms with Gasteiger partial charge in [0, 0.05) is 24.8 Å². The van der Waals surface area contributed by atoms with E-state index >= 15 is 0 Å². The first-order valence-corrected chi connectivity index (χ1v) is 7.32. The molecule has 0 aliphatic heterocycles. The minimum absolute atomic E-state index is 0.0658. The molecule has 0 saturated carbocycles. The molecule has 0 aliphatic rings. The first-order chi connectivity index (χ1) is 9.40. The highest BCUT2D eigenvalue weighted by molar-refractivity contribution is 7.11. The van der Waals surface area contributed by atoms with Gasteiger partial charge in [-0.25, -0.2) is 0 Å². The van der Waals surface area contributed by atoms with Crippen molar-refractivity contribution in [2.75, 3.05) is 11.1 Å². The second kappa shape index (κ2) is 5.70. The fourth-order valence-corrected chi connectivity index (χ4v) is 2.64. The second-order valence-electron chi connectivity index (χ2n) is 5.02. The normalized spacial score (nSPS) is 11.1. The van der Waals surface area contributed by atoms with E-state index in [0.717, 1.165) is 16.4 Å². The van der Waals surface area contributed by atoms with Gasteiger partial charge < -0.3 is 15.8 Å². The molecule has 0 unspecified atom stereocenters. The molecule has 0 bridgehead atoms. The fraction of sp³-hybridized carbons (Fsp3) is 0.538. The van der Waals surface area contributed by atoms with Crippen LogP contribution in [0.15, 0.2) is 0 Å². The molecular formula is C13H21N5OS. The predicted octanol–water partition coefficient (Wildman–Crippen LogP) is 2.47. The molecule has 0 radical (unpaired) electrons. The summed E-state index contributed by atoms with van der Waals surface area (Å²) in [5, 5.41) is 8.62. The number of hydrogen-bond donors (Lipinski definition) is 2. The molecular weight excluding hydrogens is 274 g/mol. The number of hydrogen-bond acceptors (Lipinski definition) is 6. The molecule has 110 valence electrons. The highest BCUT2D eigenvalue weighted by atomic mass is 32.1. The number of nitrogens with two attached hydrogens (primary N) is 1. The van der Waals surface area contributed by atoms with E-state index in [2.05, 4.69) is 21.7 Å². The zero-order valence-corrected chi connectivity index (χ0v) is 13.3. The van der Waals surface area contributed by atoms with Gasteiger partial charge in [0.15, 0.2) is 16.6 Å². The van der Waals surface area contributed by atoms with Crippen LogP contribution in [0, 0.1) is 13.8 Å². The maximum Gasteiger partial charge on any atom is 0.197 e. The number of ether oxygens (including phenoxy) is 1. The lowest BCUT2D eigenvalue weighted by Crippen LogP contribution is -2.09. The average Bonchev–Trinajstić information content (AvgIpc) is 2.81. The molecule has 2 aromatic heterocycles. The summed E-state index contributed by atoms with van der Waals surface area (Å²) in [5.74, 6) is 1.08. The summed E-state index contributed by atoms with van der Waals surface area (Å²) in [6, 6.07) is 0. The summed E-state index contributed by atoms with van der Waals surface area (Å²) >= 11 is 1.32. The highest BCUT2D eigenvalue weighted by Crippen LogP contribution is 2.36. The van der Waals surface area contributed by atoms with E-state index in [1.165, 1.54) is 17.1 Å². The number of aromatic nitrogens is 3. The van der Waals surface area contributed by atoms with Crippen LogP contribution in [0.3, 0.4) is 0 Å². The number of anilines is 2. The van der Waals surface area contributed by atoms with Crippen LogP contribution in [0.2, 0.25) is 0 Å². The SMILES string of the molecule is Cc1nn(C)c(C)c1CNc1snc(N)c1OC(C)C. The Balaban J connectivity index is 2.15. The maximum atomic E-state index is 5.84. The number of nitrogen functional groups attached to an aromatic ring is 1. The molecule has 20 heavy (non-hydrogen) atoms. The van der Waals surface area contributed by atoms with Crippen molar-refractivity contribution in [3.63, 3.8) is 0 Å². The van der Waals surface area contributed by atoms with E-state index in [0.29, 0.717) is 18.1 Å². The molecule has 2 rings (SSSR count). The molecule has 0 saturated heterocycles. The molecule has 0 fully saturated rings. The van der Waals surface area contributed by atoms with Gasteiger partial charge in [0.1, 0.15) is 0 Å². The largest absolute Gasteiger partial charge is 0.484 e. The van der Waals surface area contributed by atoms with Crippen LogP contribution >= 0.6 is 11.5 Å². The van der Waals surface area contributed by atoms with Crippen LogP contribution in [-0.2, 0) is 13.6 Å². The predicted molar refractivity (Wildman–Crippen MR) is 82.3 cm³/mol. The van der Waals surface area contributed by atoms with Crippen molar-refractivity contribution < 1.29 is 4.74 Å². The Bertz CT molecular complexity index is 602. The zero-order valence-electron chi connectivity index (χ0n) is 12.5. The standard InChI is InChI=1S/C13H21N5OS/c1-7(2)19-11-12(14)17-20-13(11)15-6-10-8(3)16-18(5)9(10)4/h7,15H,6H2,1-5H3,(H2,14,17). The van der Waals surface area contributed by atoms with Crippen LogP contribution in [0.1, 0.15) is 30.8 Å². The lowest BCUT2D eigenvalue weighted by atomic mass is 10.2. The number of nitrogens with one attached hydrogen (secondary N) is 1. The average molecular weight is 295 g/mol. The van der Waals surface area contributed by atoms with E-state index in [4.69, 9.17) is 10.5 Å². The quantitative estimate of drug-likeness (QED) is 0.886. The van der Waals surface area contributed by atoms with Crippen molar-refractivity contribution >= 4 is 22.4 Å². The first kappa shape index (κ1) is 14.6. The molecule has 2 heterocycles. The topological polar surface area (TPSA) is 78.0 Å². The minimum Gasteiger partial charge on any atom is -0.484 e. The third kappa shape index (κ3) is 2.87. The Morgan fingerprint density at radius 1 is 1.40 bits per heavy atom. The van der Waals surface area contributed by atoms with E-state index in [1.54, 1.807) is 0 Å². The van der Waals surface area contributed by atoms with E-state index in [1.807, 2.05) is 32.5 Å². The fourth-order valence-electron chi connectivity index (χ4n) is 2.00. The molecule has 0 aliphatic carbocycles. The van der Waals surface area contributed by atoms with E-state index in [-0.39, 0.29) is 6.10 Å². The lowest BCUT2D eigenvalue weighted by Gasteiger charge is -2.11. The number of nitrogens with zero attached hydrogens (tertiary/aromatic N) is 3. The van der Waals surface area contributed by atoms with Gasteiger partial charge in [-0.1, -0.05) is 0 Å². The Labute approximate surface area is 123 Å². The Kier molecular flexibility index (Phi) is 4.17. The Hall–Kier alpha value is -1.76. The minimum atomic E-state index is 0.0658. The Morgan fingerprint density at radius 3 is 2.65 bits per heavy atom. The van der Waals surface area contributed by atoms with Crippen LogP contribution in [-0.4, -0.2) is 20.3 Å². The molecule has 0 aromatic carbocycles. The molecule has 7 heteroatoms. The third-order valence-corrected chi connectivity index (χ3v) is 3.91. The molecule has 0 spiro atoms.